The van der Waals surface area contributed by atoms with E-state index < -0.39 is 6.10 Å². The van der Waals surface area contributed by atoms with E-state index in [1.54, 1.807) is 0 Å². The molecule has 0 fully saturated rings. The van der Waals surface area contributed by atoms with Crippen LogP contribution in [0.3, 0.4) is 0 Å². The zero-order valence-corrected chi connectivity index (χ0v) is 4.95. The highest BCUT2D eigenvalue weighted by molar-refractivity contribution is 4.50. The Balaban J connectivity index is 3.18. The molecule has 0 aliphatic carbocycles. The summed E-state index contributed by atoms with van der Waals surface area (Å²) in [6.07, 6.45) is -0.403. The van der Waals surface area contributed by atoms with Crippen LogP contribution in [-0.2, 0) is 14.5 Å². The molecule has 0 amide bonds. The van der Waals surface area contributed by atoms with Gasteiger partial charge in [0.1, 0.15) is 6.10 Å². The molecular formula is C3H11N3O3. The van der Waals surface area contributed by atoms with E-state index >= 15 is 0 Å². The van der Waals surface area contributed by atoms with E-state index in [1.807, 2.05) is 0 Å². The Morgan fingerprint density at radius 2 is 1.44 bits per heavy atom. The number of nitrogens with two attached hydrogens (primary N) is 3. The second kappa shape index (κ2) is 5.89. The lowest BCUT2D eigenvalue weighted by molar-refractivity contribution is -0.0629. The fraction of sp³-hybridized carbons (Fsp3) is 1.00. The Labute approximate surface area is 52.7 Å². The molecule has 0 saturated carbocycles. The average Bonchev–Trinajstić information content (AvgIpc) is 1.88. The third-order valence-corrected chi connectivity index (χ3v) is 0.757. The fourth-order valence-electron chi connectivity index (χ4n) is 0.341. The van der Waals surface area contributed by atoms with Crippen LogP contribution < -0.4 is 17.7 Å². The van der Waals surface area contributed by atoms with Crippen LogP contribution in [0.25, 0.3) is 0 Å². The molecule has 0 aromatic rings. The van der Waals surface area contributed by atoms with Crippen LogP contribution in [0.2, 0.25) is 0 Å². The maximum atomic E-state index is 4.77. The first-order valence-electron chi connectivity index (χ1n) is 2.34. The van der Waals surface area contributed by atoms with Gasteiger partial charge in [-0.05, 0) is 0 Å². The molecule has 0 rings (SSSR count). The van der Waals surface area contributed by atoms with E-state index in [4.69, 9.17) is 17.7 Å². The van der Waals surface area contributed by atoms with Gasteiger partial charge in [-0.15, -0.1) is 0 Å². The molecule has 0 unspecified atom stereocenters. The van der Waals surface area contributed by atoms with Gasteiger partial charge in [-0.2, -0.15) is 0 Å². The summed E-state index contributed by atoms with van der Waals surface area (Å²) in [6.45, 7) is 0.321. The van der Waals surface area contributed by atoms with Gasteiger partial charge < -0.3 is 9.68 Å². The molecule has 0 spiro atoms. The Hall–Kier alpha value is -0.240. The summed E-state index contributed by atoms with van der Waals surface area (Å²) in [7, 11) is 0. The molecule has 0 aromatic heterocycles. The van der Waals surface area contributed by atoms with Crippen LogP contribution in [0.15, 0.2) is 0 Å². The van der Waals surface area contributed by atoms with Crippen molar-refractivity contribution >= 4 is 0 Å². The summed E-state index contributed by atoms with van der Waals surface area (Å²) < 4.78 is 0. The van der Waals surface area contributed by atoms with Crippen molar-refractivity contribution in [3.8, 4) is 0 Å². The summed E-state index contributed by atoms with van der Waals surface area (Å²) in [5, 5.41) is 0. The van der Waals surface area contributed by atoms with Crippen LogP contribution in [-0.4, -0.2) is 19.3 Å². The molecule has 0 heterocycles. The van der Waals surface area contributed by atoms with Gasteiger partial charge in [0, 0.05) is 0 Å². The highest BCUT2D eigenvalue weighted by Gasteiger charge is 2.06. The highest BCUT2D eigenvalue weighted by Crippen LogP contribution is 1.85. The minimum absolute atomic E-state index is 0.160. The third kappa shape index (κ3) is 4.28. The first kappa shape index (κ1) is 8.76. The van der Waals surface area contributed by atoms with Crippen molar-refractivity contribution in [1.29, 1.82) is 0 Å². The van der Waals surface area contributed by atoms with Crippen LogP contribution in [0.1, 0.15) is 0 Å². The van der Waals surface area contributed by atoms with Gasteiger partial charge in [-0.1, -0.05) is 0 Å². The van der Waals surface area contributed by atoms with Gasteiger partial charge in [0.05, 0.1) is 13.2 Å². The van der Waals surface area contributed by atoms with Crippen LogP contribution >= 0.6 is 0 Å². The van der Waals surface area contributed by atoms with Crippen molar-refractivity contribution in [2.45, 2.75) is 6.10 Å². The monoisotopic (exact) mass is 137 g/mol. The average molecular weight is 137 g/mol. The van der Waals surface area contributed by atoms with Crippen LogP contribution in [0, 0.1) is 0 Å². The molecule has 6 nitrogen and oxygen atoms in total. The van der Waals surface area contributed by atoms with Gasteiger partial charge in [-0.3, -0.25) is 4.84 Å². The Kier molecular flexibility index (Phi) is 5.73. The van der Waals surface area contributed by atoms with Gasteiger partial charge in [-0.25, -0.2) is 17.7 Å². The van der Waals surface area contributed by atoms with Gasteiger partial charge >= 0.3 is 0 Å². The minimum Gasteiger partial charge on any atom is -0.302 e. The smallest absolute Gasteiger partial charge is 0.129 e. The molecule has 0 atom stereocenters. The van der Waals surface area contributed by atoms with Crippen molar-refractivity contribution in [2.75, 3.05) is 13.2 Å². The first-order valence-corrected chi connectivity index (χ1v) is 2.34. The minimum atomic E-state index is -0.403. The number of hydrogen-bond donors (Lipinski definition) is 3. The molecule has 0 radical (unpaired) electrons. The standard InChI is InChI=1S/C3H11N3O3/c4-7-1-3(9-6)2-8-5/h3H,1-2,4-6H2. The first-order chi connectivity index (χ1) is 4.35. The predicted octanol–water partition coefficient (Wildman–Crippen LogP) is -1.97. The van der Waals surface area contributed by atoms with Crippen molar-refractivity contribution in [2.24, 2.45) is 17.7 Å². The molecular weight excluding hydrogens is 126 g/mol. The van der Waals surface area contributed by atoms with Crippen LogP contribution in [0.5, 0.6) is 0 Å². The van der Waals surface area contributed by atoms with E-state index in [9.17, 15) is 0 Å². The van der Waals surface area contributed by atoms with E-state index in [1.165, 1.54) is 0 Å². The molecule has 0 aromatic carbocycles. The molecule has 6 heteroatoms. The topological polar surface area (TPSA) is 106 Å². The van der Waals surface area contributed by atoms with E-state index in [2.05, 4.69) is 14.5 Å². The zero-order chi connectivity index (χ0) is 7.11. The summed E-state index contributed by atoms with van der Waals surface area (Å²) >= 11 is 0. The second-order valence-corrected chi connectivity index (χ2v) is 1.42. The number of rotatable bonds is 5. The summed E-state index contributed by atoms with van der Waals surface area (Å²) in [5.74, 6) is 14.2. The number of hydrogen-bond acceptors (Lipinski definition) is 6. The van der Waals surface area contributed by atoms with Gasteiger partial charge in [0.2, 0.25) is 0 Å². The van der Waals surface area contributed by atoms with Crippen molar-refractivity contribution < 1.29 is 14.5 Å². The van der Waals surface area contributed by atoms with Crippen LogP contribution in [0.4, 0.5) is 0 Å². The molecule has 6 N–H and O–H groups in total. The molecule has 0 aliphatic heterocycles. The van der Waals surface area contributed by atoms with E-state index in [0.29, 0.717) is 0 Å². The second-order valence-electron chi connectivity index (χ2n) is 1.42. The molecule has 0 bridgehead atoms. The molecule has 0 saturated heterocycles. The molecule has 0 aliphatic rings. The fourth-order valence-corrected chi connectivity index (χ4v) is 0.341. The third-order valence-electron chi connectivity index (χ3n) is 0.757. The molecule has 9 heavy (non-hydrogen) atoms. The summed E-state index contributed by atoms with van der Waals surface area (Å²) in [6, 6.07) is 0. The Morgan fingerprint density at radius 3 is 1.67 bits per heavy atom. The Morgan fingerprint density at radius 1 is 1.00 bits per heavy atom. The lowest BCUT2D eigenvalue weighted by Crippen LogP contribution is -2.30. The Bertz CT molecular complexity index is 56.3. The highest BCUT2D eigenvalue weighted by atomic mass is 16.7. The maximum absolute atomic E-state index is 4.77. The summed E-state index contributed by atoms with van der Waals surface area (Å²) in [5.41, 5.74) is 0. The lowest BCUT2D eigenvalue weighted by Gasteiger charge is -2.09. The van der Waals surface area contributed by atoms with E-state index in [0.717, 1.165) is 0 Å². The van der Waals surface area contributed by atoms with Gasteiger partial charge in [0.15, 0.2) is 0 Å². The summed E-state index contributed by atoms with van der Waals surface area (Å²) in [4.78, 5) is 12.7. The maximum Gasteiger partial charge on any atom is 0.129 e. The SMILES string of the molecule is NOCC(CON)ON. The van der Waals surface area contributed by atoms with Crippen molar-refractivity contribution in [1.82, 2.24) is 0 Å². The largest absolute Gasteiger partial charge is 0.302 e. The predicted molar refractivity (Wildman–Crippen MR) is 29.3 cm³/mol. The van der Waals surface area contributed by atoms with Gasteiger partial charge in [0.25, 0.3) is 0 Å². The van der Waals surface area contributed by atoms with Crippen molar-refractivity contribution in [3.63, 3.8) is 0 Å². The lowest BCUT2D eigenvalue weighted by atomic mass is 10.4. The normalized spacial score (nSPS) is 10.7. The van der Waals surface area contributed by atoms with Crippen molar-refractivity contribution in [3.05, 3.63) is 0 Å². The molecule has 56 valence electrons. The quantitative estimate of drug-likeness (QED) is 0.379. The van der Waals surface area contributed by atoms with E-state index in [-0.39, 0.29) is 13.2 Å². The zero-order valence-electron chi connectivity index (χ0n) is 4.95.